The Bertz CT molecular complexity index is 967. The Hall–Kier alpha value is -2.39. The van der Waals surface area contributed by atoms with Crippen LogP contribution in [0.3, 0.4) is 0 Å². The summed E-state index contributed by atoms with van der Waals surface area (Å²) in [4.78, 5) is 4.59. The molecule has 2 saturated heterocycles. The van der Waals surface area contributed by atoms with Gasteiger partial charge in [-0.25, -0.2) is 8.42 Å². The third-order valence-electron chi connectivity index (χ3n) is 5.82. The van der Waals surface area contributed by atoms with E-state index in [-0.39, 0.29) is 4.90 Å². The third kappa shape index (κ3) is 4.22. The summed E-state index contributed by atoms with van der Waals surface area (Å²) in [6.45, 7) is 5.89. The molecule has 162 valence electrons. The molecule has 0 bridgehead atoms. The minimum atomic E-state index is -3.62. The molecule has 0 atom stereocenters. The van der Waals surface area contributed by atoms with Crippen LogP contribution in [0.5, 0.6) is 5.75 Å². The Morgan fingerprint density at radius 2 is 1.43 bits per heavy atom. The number of ether oxygens (including phenoxy) is 1. The normalized spacial score (nSPS) is 18.5. The second-order valence-electron chi connectivity index (χ2n) is 7.84. The Morgan fingerprint density at radius 3 is 2.00 bits per heavy atom. The van der Waals surface area contributed by atoms with Crippen molar-refractivity contribution in [2.45, 2.75) is 31.1 Å². The van der Waals surface area contributed by atoms with Crippen molar-refractivity contribution < 1.29 is 13.2 Å². The standard InChI is InChI=1S/C21H29N5O3S/c1-17-6-7-18(29-2)19(16-17)30(27,28)26-14-12-25(13-15-26)21-9-8-20(22-23-21)24-10-4-3-5-11-24/h6-9,16H,3-5,10-15H2,1-2H3. The lowest BCUT2D eigenvalue weighted by Crippen LogP contribution is -2.49. The number of benzene rings is 1. The van der Waals surface area contributed by atoms with Crippen LogP contribution in [-0.4, -0.2) is 69.3 Å². The molecule has 2 aromatic rings. The average molecular weight is 432 g/mol. The SMILES string of the molecule is COc1ccc(C)cc1S(=O)(=O)N1CCN(c2ccc(N3CCCCC3)nn2)CC1. The van der Waals surface area contributed by atoms with Crippen LogP contribution in [0.4, 0.5) is 11.6 Å². The van der Waals surface area contributed by atoms with Crippen LogP contribution < -0.4 is 14.5 Å². The van der Waals surface area contributed by atoms with Gasteiger partial charge < -0.3 is 14.5 Å². The van der Waals surface area contributed by atoms with Crippen LogP contribution in [0.25, 0.3) is 0 Å². The molecule has 1 aromatic heterocycles. The number of hydrogen-bond donors (Lipinski definition) is 0. The molecule has 1 aromatic carbocycles. The van der Waals surface area contributed by atoms with Crippen LogP contribution in [0, 0.1) is 6.92 Å². The lowest BCUT2D eigenvalue weighted by molar-refractivity contribution is 0.373. The van der Waals surface area contributed by atoms with Gasteiger partial charge in [0.15, 0.2) is 11.6 Å². The summed E-state index contributed by atoms with van der Waals surface area (Å²) in [7, 11) is -2.12. The minimum absolute atomic E-state index is 0.226. The highest BCUT2D eigenvalue weighted by atomic mass is 32.2. The van der Waals surface area contributed by atoms with E-state index < -0.39 is 10.0 Å². The fourth-order valence-electron chi connectivity index (χ4n) is 4.06. The molecule has 2 fully saturated rings. The smallest absolute Gasteiger partial charge is 0.246 e. The van der Waals surface area contributed by atoms with Gasteiger partial charge in [0.2, 0.25) is 10.0 Å². The molecular weight excluding hydrogens is 402 g/mol. The number of nitrogens with zero attached hydrogens (tertiary/aromatic N) is 5. The van der Waals surface area contributed by atoms with Crippen molar-refractivity contribution in [2.24, 2.45) is 0 Å². The molecule has 30 heavy (non-hydrogen) atoms. The highest BCUT2D eigenvalue weighted by Gasteiger charge is 2.31. The van der Waals surface area contributed by atoms with E-state index in [4.69, 9.17) is 4.74 Å². The van der Waals surface area contributed by atoms with Gasteiger partial charge >= 0.3 is 0 Å². The van der Waals surface area contributed by atoms with Crippen molar-refractivity contribution in [1.82, 2.24) is 14.5 Å². The fraction of sp³-hybridized carbons (Fsp3) is 0.524. The number of hydrogen-bond acceptors (Lipinski definition) is 7. The zero-order valence-corrected chi connectivity index (χ0v) is 18.4. The number of aromatic nitrogens is 2. The van der Waals surface area contributed by atoms with E-state index in [0.717, 1.165) is 30.3 Å². The molecule has 0 N–H and O–H groups in total. The van der Waals surface area contributed by atoms with Gasteiger partial charge in [0.1, 0.15) is 10.6 Å². The van der Waals surface area contributed by atoms with E-state index in [2.05, 4.69) is 20.0 Å². The van der Waals surface area contributed by atoms with Crippen molar-refractivity contribution in [3.63, 3.8) is 0 Å². The highest BCUT2D eigenvalue weighted by Crippen LogP contribution is 2.29. The third-order valence-corrected chi connectivity index (χ3v) is 7.74. The Labute approximate surface area is 178 Å². The number of methoxy groups -OCH3 is 1. The van der Waals surface area contributed by atoms with Crippen LogP contribution >= 0.6 is 0 Å². The van der Waals surface area contributed by atoms with Gasteiger partial charge in [-0.1, -0.05) is 6.07 Å². The first kappa shape index (κ1) is 20.9. The van der Waals surface area contributed by atoms with E-state index in [9.17, 15) is 8.42 Å². The van der Waals surface area contributed by atoms with E-state index in [1.807, 2.05) is 25.1 Å². The topological polar surface area (TPSA) is 78.9 Å². The molecule has 2 aliphatic rings. The van der Waals surface area contributed by atoms with Crippen LogP contribution in [0.1, 0.15) is 24.8 Å². The largest absolute Gasteiger partial charge is 0.495 e. The van der Waals surface area contributed by atoms with Gasteiger partial charge in [-0.15, -0.1) is 10.2 Å². The molecule has 8 nitrogen and oxygen atoms in total. The lowest BCUT2D eigenvalue weighted by Gasteiger charge is -2.35. The maximum atomic E-state index is 13.2. The number of piperazine rings is 1. The van der Waals surface area contributed by atoms with Crippen molar-refractivity contribution >= 4 is 21.7 Å². The average Bonchev–Trinajstić information content (AvgIpc) is 2.80. The fourth-order valence-corrected chi connectivity index (χ4v) is 5.72. The van der Waals surface area contributed by atoms with Crippen molar-refractivity contribution in [1.29, 1.82) is 0 Å². The quantitative estimate of drug-likeness (QED) is 0.719. The van der Waals surface area contributed by atoms with Crippen LogP contribution in [0.2, 0.25) is 0 Å². The molecule has 9 heteroatoms. The molecule has 2 aliphatic heterocycles. The predicted molar refractivity (Wildman–Crippen MR) is 117 cm³/mol. The number of aryl methyl sites for hydroxylation is 1. The van der Waals surface area contributed by atoms with Crippen LogP contribution in [-0.2, 0) is 10.0 Å². The van der Waals surface area contributed by atoms with Gasteiger partial charge in [-0.05, 0) is 56.0 Å². The van der Waals surface area contributed by atoms with Crippen molar-refractivity contribution in [3.05, 3.63) is 35.9 Å². The van der Waals surface area contributed by atoms with Gasteiger partial charge in [0.25, 0.3) is 0 Å². The molecule has 0 spiro atoms. The highest BCUT2D eigenvalue weighted by molar-refractivity contribution is 7.89. The Balaban J connectivity index is 1.43. The first-order chi connectivity index (χ1) is 14.5. The van der Waals surface area contributed by atoms with Crippen LogP contribution in [0.15, 0.2) is 35.2 Å². The Morgan fingerprint density at radius 1 is 0.833 bits per heavy atom. The van der Waals surface area contributed by atoms with E-state index in [0.29, 0.717) is 31.9 Å². The molecule has 0 unspecified atom stereocenters. The summed E-state index contributed by atoms with van der Waals surface area (Å²) in [5.41, 5.74) is 0.886. The first-order valence-corrected chi connectivity index (χ1v) is 11.9. The van der Waals surface area contributed by atoms with Gasteiger partial charge in [-0.3, -0.25) is 0 Å². The van der Waals surface area contributed by atoms with E-state index in [1.165, 1.54) is 30.7 Å². The summed E-state index contributed by atoms with van der Waals surface area (Å²) in [5.74, 6) is 2.09. The second-order valence-corrected chi connectivity index (χ2v) is 9.75. The summed E-state index contributed by atoms with van der Waals surface area (Å²) >= 11 is 0. The number of sulfonamides is 1. The summed E-state index contributed by atoms with van der Waals surface area (Å²) < 4.78 is 33.2. The summed E-state index contributed by atoms with van der Waals surface area (Å²) in [6.07, 6.45) is 3.68. The van der Waals surface area contributed by atoms with E-state index in [1.54, 1.807) is 12.1 Å². The van der Waals surface area contributed by atoms with E-state index >= 15 is 0 Å². The molecule has 4 rings (SSSR count). The first-order valence-electron chi connectivity index (χ1n) is 10.5. The van der Waals surface area contributed by atoms with Gasteiger partial charge in [0.05, 0.1) is 7.11 Å². The Kier molecular flexibility index (Phi) is 6.10. The van der Waals surface area contributed by atoms with Gasteiger partial charge in [-0.2, -0.15) is 4.31 Å². The molecule has 0 amide bonds. The minimum Gasteiger partial charge on any atom is -0.495 e. The molecule has 3 heterocycles. The summed E-state index contributed by atoms with van der Waals surface area (Å²) in [5, 5.41) is 8.82. The molecule has 0 saturated carbocycles. The second kappa shape index (κ2) is 8.77. The number of rotatable bonds is 5. The monoisotopic (exact) mass is 431 g/mol. The predicted octanol–water partition coefficient (Wildman–Crippen LogP) is 2.29. The number of anilines is 2. The zero-order chi connectivity index (χ0) is 21.1. The molecule has 0 aliphatic carbocycles. The molecule has 0 radical (unpaired) electrons. The molecular formula is C21H29N5O3S. The lowest BCUT2D eigenvalue weighted by atomic mass is 10.1. The maximum absolute atomic E-state index is 13.2. The zero-order valence-electron chi connectivity index (χ0n) is 17.6. The van der Waals surface area contributed by atoms with Gasteiger partial charge in [0, 0.05) is 39.3 Å². The number of piperidine rings is 1. The summed E-state index contributed by atoms with van der Waals surface area (Å²) in [6, 6.07) is 9.24. The maximum Gasteiger partial charge on any atom is 0.246 e. The van der Waals surface area contributed by atoms with Crippen molar-refractivity contribution in [3.8, 4) is 5.75 Å². The van der Waals surface area contributed by atoms with Crippen molar-refractivity contribution in [2.75, 3.05) is 56.2 Å².